The number of hydrogen-bond acceptors (Lipinski definition) is 5. The largest absolute Gasteiger partial charge is 0.452 e. The van der Waals surface area contributed by atoms with Crippen LogP contribution in [0.1, 0.15) is 33.8 Å². The molecule has 6 heteroatoms. The van der Waals surface area contributed by atoms with E-state index in [1.807, 2.05) is 50.2 Å². The zero-order chi connectivity index (χ0) is 19.5. The van der Waals surface area contributed by atoms with Gasteiger partial charge in [0.2, 0.25) is 5.82 Å². The van der Waals surface area contributed by atoms with E-state index in [1.165, 1.54) is 5.56 Å². The summed E-state index contributed by atoms with van der Waals surface area (Å²) < 4.78 is 11.1. The third-order valence-corrected chi connectivity index (χ3v) is 4.75. The minimum atomic E-state index is -0.378. The van der Waals surface area contributed by atoms with Crippen LogP contribution in [0, 0.1) is 13.8 Å². The highest BCUT2D eigenvalue weighted by molar-refractivity contribution is 5.91. The molecular formula is C22H21N3O3. The van der Waals surface area contributed by atoms with Crippen LogP contribution in [0.15, 0.2) is 57.5 Å². The Balaban J connectivity index is 1.42. The minimum absolute atomic E-state index is 0.0636. The fourth-order valence-electron chi connectivity index (χ4n) is 3.22. The van der Waals surface area contributed by atoms with E-state index in [4.69, 9.17) is 8.94 Å². The molecule has 0 saturated heterocycles. The van der Waals surface area contributed by atoms with Crippen molar-refractivity contribution in [3.8, 4) is 11.6 Å². The molecule has 0 atom stereocenters. The third-order valence-electron chi connectivity index (χ3n) is 4.75. The second-order valence-corrected chi connectivity index (χ2v) is 6.78. The average Bonchev–Trinajstić information content (AvgIpc) is 3.32. The second-order valence-electron chi connectivity index (χ2n) is 6.78. The molecule has 0 fully saturated rings. The molecule has 0 spiro atoms. The van der Waals surface area contributed by atoms with E-state index in [1.54, 1.807) is 0 Å². The number of carbonyl (C=O) groups excluding carboxylic acids is 1. The van der Waals surface area contributed by atoms with Gasteiger partial charge in [0.05, 0.1) is 0 Å². The van der Waals surface area contributed by atoms with Crippen LogP contribution in [0.4, 0.5) is 0 Å². The normalized spacial score (nSPS) is 11.1. The summed E-state index contributed by atoms with van der Waals surface area (Å²) in [5.41, 5.74) is 4.00. The van der Waals surface area contributed by atoms with Gasteiger partial charge in [0, 0.05) is 17.5 Å². The number of carbonyl (C=O) groups is 1. The molecule has 0 aliphatic heterocycles. The molecule has 4 aromatic rings. The zero-order valence-electron chi connectivity index (χ0n) is 15.9. The molecule has 28 heavy (non-hydrogen) atoms. The third kappa shape index (κ3) is 3.53. The van der Waals surface area contributed by atoms with E-state index in [2.05, 4.69) is 27.6 Å². The Bertz CT molecular complexity index is 1110. The van der Waals surface area contributed by atoms with Crippen molar-refractivity contribution in [3.05, 3.63) is 71.1 Å². The lowest BCUT2D eigenvalue weighted by atomic mass is 10.1. The van der Waals surface area contributed by atoms with Gasteiger partial charge in [-0.05, 0) is 37.8 Å². The van der Waals surface area contributed by atoms with Gasteiger partial charge in [-0.3, -0.25) is 4.79 Å². The number of hydrogen-bond donors (Lipinski definition) is 1. The van der Waals surface area contributed by atoms with E-state index in [0.717, 1.165) is 34.9 Å². The highest BCUT2D eigenvalue weighted by Gasteiger charge is 2.21. The summed E-state index contributed by atoms with van der Waals surface area (Å²) >= 11 is 0. The first-order valence-electron chi connectivity index (χ1n) is 9.28. The topological polar surface area (TPSA) is 81.2 Å². The first-order valence-corrected chi connectivity index (χ1v) is 9.28. The summed E-state index contributed by atoms with van der Waals surface area (Å²) in [5, 5.41) is 7.75. The monoisotopic (exact) mass is 375 g/mol. The molecule has 2 aromatic carbocycles. The second kappa shape index (κ2) is 7.68. The van der Waals surface area contributed by atoms with E-state index in [-0.39, 0.29) is 17.6 Å². The van der Waals surface area contributed by atoms with E-state index in [9.17, 15) is 4.79 Å². The number of benzene rings is 2. The molecule has 0 aliphatic carbocycles. The molecule has 1 amide bonds. The molecule has 0 saturated carbocycles. The first kappa shape index (κ1) is 18.0. The van der Waals surface area contributed by atoms with Gasteiger partial charge in [0.15, 0.2) is 5.76 Å². The van der Waals surface area contributed by atoms with Gasteiger partial charge in [-0.1, -0.05) is 53.7 Å². The predicted octanol–water partition coefficient (Wildman–Crippen LogP) is 4.46. The Kier molecular flexibility index (Phi) is 4.93. The molecule has 4 rings (SSSR count). The van der Waals surface area contributed by atoms with Gasteiger partial charge in [-0.15, -0.1) is 0 Å². The molecular weight excluding hydrogens is 354 g/mol. The lowest BCUT2D eigenvalue weighted by Crippen LogP contribution is -2.25. The predicted molar refractivity (Wildman–Crippen MR) is 106 cm³/mol. The number of fused-ring (bicyclic) bond motifs is 1. The SMILES string of the molecule is Cc1c(-c2noc(C(=O)NCCCc3ccccc3)n2)oc2c(C)cccc12. The van der Waals surface area contributed by atoms with Crippen LogP contribution in [-0.4, -0.2) is 22.6 Å². The van der Waals surface area contributed by atoms with E-state index < -0.39 is 0 Å². The minimum Gasteiger partial charge on any atom is -0.452 e. The number of rotatable bonds is 6. The summed E-state index contributed by atoms with van der Waals surface area (Å²) in [7, 11) is 0. The Hall–Kier alpha value is -3.41. The maximum Gasteiger partial charge on any atom is 0.316 e. The number of aromatic nitrogens is 2. The average molecular weight is 375 g/mol. The van der Waals surface area contributed by atoms with Crippen molar-refractivity contribution in [1.29, 1.82) is 0 Å². The fourth-order valence-corrected chi connectivity index (χ4v) is 3.22. The van der Waals surface area contributed by atoms with Crippen molar-refractivity contribution >= 4 is 16.9 Å². The van der Waals surface area contributed by atoms with Crippen molar-refractivity contribution in [3.63, 3.8) is 0 Å². The van der Waals surface area contributed by atoms with Crippen LogP contribution in [0.25, 0.3) is 22.6 Å². The molecule has 6 nitrogen and oxygen atoms in total. The van der Waals surface area contributed by atoms with Gasteiger partial charge in [-0.2, -0.15) is 4.98 Å². The molecule has 2 heterocycles. The Morgan fingerprint density at radius 3 is 2.68 bits per heavy atom. The van der Waals surface area contributed by atoms with Crippen LogP contribution in [0.2, 0.25) is 0 Å². The summed E-state index contributed by atoms with van der Waals surface area (Å²) in [5.74, 6) is 0.363. The zero-order valence-corrected chi connectivity index (χ0v) is 15.9. The van der Waals surface area contributed by atoms with Crippen LogP contribution in [0.5, 0.6) is 0 Å². The highest BCUT2D eigenvalue weighted by atomic mass is 16.5. The van der Waals surface area contributed by atoms with Crippen molar-refractivity contribution in [2.24, 2.45) is 0 Å². The van der Waals surface area contributed by atoms with E-state index in [0.29, 0.717) is 12.3 Å². The standard InChI is InChI=1S/C22H21N3O3/c1-14-8-6-12-17-15(2)19(27-18(14)17)20-24-22(28-25-20)21(26)23-13-7-11-16-9-4-3-5-10-16/h3-6,8-10,12H,7,11,13H2,1-2H3,(H,23,26). The van der Waals surface area contributed by atoms with Crippen molar-refractivity contribution in [2.75, 3.05) is 6.54 Å². The molecule has 1 N–H and O–H groups in total. The molecule has 2 aromatic heterocycles. The summed E-state index contributed by atoms with van der Waals surface area (Å²) in [6, 6.07) is 16.1. The highest BCUT2D eigenvalue weighted by Crippen LogP contribution is 2.32. The maximum atomic E-state index is 12.3. The van der Waals surface area contributed by atoms with Gasteiger partial charge in [0.25, 0.3) is 0 Å². The van der Waals surface area contributed by atoms with Crippen LogP contribution in [0.3, 0.4) is 0 Å². The lowest BCUT2D eigenvalue weighted by molar-refractivity contribution is 0.0909. The van der Waals surface area contributed by atoms with Gasteiger partial charge >= 0.3 is 11.8 Å². The summed E-state index contributed by atoms with van der Waals surface area (Å²) in [6.07, 6.45) is 1.73. The number of furan rings is 1. The number of amides is 1. The number of nitrogens with zero attached hydrogens (tertiary/aromatic N) is 2. The summed E-state index contributed by atoms with van der Waals surface area (Å²) in [4.78, 5) is 16.5. The van der Waals surface area contributed by atoms with Crippen LogP contribution < -0.4 is 5.32 Å². The first-order chi connectivity index (χ1) is 13.6. The van der Waals surface area contributed by atoms with E-state index >= 15 is 0 Å². The Morgan fingerprint density at radius 1 is 1.07 bits per heavy atom. The van der Waals surface area contributed by atoms with Gasteiger partial charge in [-0.25, -0.2) is 0 Å². The van der Waals surface area contributed by atoms with Crippen LogP contribution >= 0.6 is 0 Å². The quantitative estimate of drug-likeness (QED) is 0.503. The molecule has 142 valence electrons. The Morgan fingerprint density at radius 2 is 1.89 bits per heavy atom. The smallest absolute Gasteiger partial charge is 0.316 e. The van der Waals surface area contributed by atoms with Gasteiger partial charge in [0.1, 0.15) is 5.58 Å². The van der Waals surface area contributed by atoms with Crippen LogP contribution in [-0.2, 0) is 6.42 Å². The van der Waals surface area contributed by atoms with Crippen molar-refractivity contribution in [1.82, 2.24) is 15.5 Å². The van der Waals surface area contributed by atoms with Crippen molar-refractivity contribution in [2.45, 2.75) is 26.7 Å². The van der Waals surface area contributed by atoms with Crippen molar-refractivity contribution < 1.29 is 13.7 Å². The molecule has 0 bridgehead atoms. The number of para-hydroxylation sites is 1. The summed E-state index contributed by atoms with van der Waals surface area (Å²) in [6.45, 7) is 4.47. The number of nitrogens with one attached hydrogen (secondary N) is 1. The maximum absolute atomic E-state index is 12.3. The van der Waals surface area contributed by atoms with Gasteiger partial charge < -0.3 is 14.3 Å². The molecule has 0 radical (unpaired) electrons. The lowest BCUT2D eigenvalue weighted by Gasteiger charge is -2.02. The molecule has 0 aliphatic rings. The molecule has 0 unspecified atom stereocenters. The Labute approximate surface area is 162 Å². The number of aryl methyl sites for hydroxylation is 3. The fraction of sp³-hybridized carbons (Fsp3) is 0.227.